The van der Waals surface area contributed by atoms with Crippen molar-refractivity contribution < 1.29 is 4.74 Å². The first kappa shape index (κ1) is 12.8. The Balaban J connectivity index is 2.34. The second-order valence-corrected chi connectivity index (χ2v) is 6.37. The number of ether oxygens (including phenoxy) is 1. The van der Waals surface area contributed by atoms with Gasteiger partial charge in [0.05, 0.1) is 22.2 Å². The molecule has 0 radical (unpaired) electrons. The Bertz CT molecular complexity index is 501. The summed E-state index contributed by atoms with van der Waals surface area (Å²) in [6.45, 7) is 0. The zero-order chi connectivity index (χ0) is 12.3. The Hall–Kier alpha value is -0.660. The molecule has 17 heavy (non-hydrogen) atoms. The maximum absolute atomic E-state index is 5.20. The SMILES string of the molecule is CNC(c1cncc(OC)c1)c1csc(I)c1. The van der Waals surface area contributed by atoms with E-state index in [0.29, 0.717) is 0 Å². The van der Waals surface area contributed by atoms with E-state index in [0.717, 1.165) is 11.3 Å². The van der Waals surface area contributed by atoms with E-state index in [2.05, 4.69) is 44.3 Å². The van der Waals surface area contributed by atoms with Crippen LogP contribution in [0.2, 0.25) is 0 Å². The zero-order valence-electron chi connectivity index (χ0n) is 9.61. The summed E-state index contributed by atoms with van der Waals surface area (Å²) >= 11 is 4.08. The lowest BCUT2D eigenvalue weighted by Crippen LogP contribution is -2.17. The van der Waals surface area contributed by atoms with Crippen molar-refractivity contribution in [3.63, 3.8) is 0 Å². The zero-order valence-corrected chi connectivity index (χ0v) is 12.6. The average Bonchev–Trinajstić information content (AvgIpc) is 2.77. The number of pyridine rings is 1. The summed E-state index contributed by atoms with van der Waals surface area (Å²) in [5.41, 5.74) is 2.37. The highest BCUT2D eigenvalue weighted by atomic mass is 127. The van der Waals surface area contributed by atoms with Crippen LogP contribution in [0.25, 0.3) is 0 Å². The van der Waals surface area contributed by atoms with E-state index >= 15 is 0 Å². The van der Waals surface area contributed by atoms with Crippen LogP contribution in [0.5, 0.6) is 5.75 Å². The largest absolute Gasteiger partial charge is 0.495 e. The van der Waals surface area contributed by atoms with E-state index < -0.39 is 0 Å². The molecule has 0 aliphatic heterocycles. The van der Waals surface area contributed by atoms with Crippen LogP contribution >= 0.6 is 33.9 Å². The second-order valence-electron chi connectivity index (χ2n) is 3.56. The molecule has 1 unspecified atom stereocenters. The molecule has 2 rings (SSSR count). The molecule has 0 spiro atoms. The van der Waals surface area contributed by atoms with Crippen molar-refractivity contribution in [2.45, 2.75) is 6.04 Å². The van der Waals surface area contributed by atoms with Crippen LogP contribution in [-0.4, -0.2) is 19.1 Å². The van der Waals surface area contributed by atoms with Crippen LogP contribution in [0.3, 0.4) is 0 Å². The first-order valence-electron chi connectivity index (χ1n) is 5.14. The van der Waals surface area contributed by atoms with E-state index in [1.165, 1.54) is 8.45 Å². The van der Waals surface area contributed by atoms with Gasteiger partial charge in [0.1, 0.15) is 5.75 Å². The number of aromatic nitrogens is 1. The minimum absolute atomic E-state index is 0.164. The number of hydrogen-bond donors (Lipinski definition) is 1. The Morgan fingerprint density at radius 1 is 1.35 bits per heavy atom. The van der Waals surface area contributed by atoms with E-state index in [1.807, 2.05) is 19.3 Å². The van der Waals surface area contributed by atoms with E-state index in [4.69, 9.17) is 4.74 Å². The Labute approximate surface area is 118 Å². The molecule has 0 fully saturated rings. The molecule has 0 aliphatic carbocycles. The van der Waals surface area contributed by atoms with Gasteiger partial charge in [-0.2, -0.15) is 0 Å². The summed E-state index contributed by atoms with van der Waals surface area (Å²) in [7, 11) is 3.61. The maximum atomic E-state index is 5.20. The maximum Gasteiger partial charge on any atom is 0.137 e. The summed E-state index contributed by atoms with van der Waals surface area (Å²) in [6.07, 6.45) is 3.59. The highest BCUT2D eigenvalue weighted by Gasteiger charge is 2.14. The van der Waals surface area contributed by atoms with Crippen LogP contribution in [0.4, 0.5) is 0 Å². The first-order chi connectivity index (χ1) is 8.24. The van der Waals surface area contributed by atoms with Gasteiger partial charge >= 0.3 is 0 Å². The molecule has 0 bridgehead atoms. The lowest BCUT2D eigenvalue weighted by Gasteiger charge is -2.15. The first-order valence-corrected chi connectivity index (χ1v) is 7.10. The van der Waals surface area contributed by atoms with Crippen LogP contribution in [0.1, 0.15) is 17.2 Å². The van der Waals surface area contributed by atoms with Gasteiger partial charge in [0, 0.05) is 6.20 Å². The Kier molecular flexibility index (Phi) is 4.36. The summed E-state index contributed by atoms with van der Waals surface area (Å²) in [5, 5.41) is 5.48. The fourth-order valence-electron chi connectivity index (χ4n) is 1.71. The minimum atomic E-state index is 0.164. The number of nitrogens with zero attached hydrogens (tertiary/aromatic N) is 1. The van der Waals surface area contributed by atoms with E-state index in [-0.39, 0.29) is 6.04 Å². The second kappa shape index (κ2) is 5.79. The van der Waals surface area contributed by atoms with Gasteiger partial charge in [0.15, 0.2) is 0 Å². The summed E-state index contributed by atoms with van der Waals surface area (Å²) in [4.78, 5) is 4.19. The van der Waals surface area contributed by atoms with Gasteiger partial charge in [-0.1, -0.05) is 0 Å². The van der Waals surface area contributed by atoms with Gasteiger partial charge < -0.3 is 10.1 Å². The number of hydrogen-bond acceptors (Lipinski definition) is 4. The van der Waals surface area contributed by atoms with Crippen molar-refractivity contribution >= 4 is 33.9 Å². The van der Waals surface area contributed by atoms with Crippen molar-refractivity contribution in [2.75, 3.05) is 14.2 Å². The molecular weight excluding hydrogens is 347 g/mol. The third-order valence-corrected chi connectivity index (χ3v) is 4.32. The molecule has 3 nitrogen and oxygen atoms in total. The fraction of sp³-hybridized carbons (Fsp3) is 0.250. The van der Waals surface area contributed by atoms with Crippen molar-refractivity contribution in [2.24, 2.45) is 0 Å². The smallest absolute Gasteiger partial charge is 0.137 e. The molecular formula is C12H13IN2OS. The van der Waals surface area contributed by atoms with Crippen LogP contribution in [0.15, 0.2) is 29.9 Å². The monoisotopic (exact) mass is 360 g/mol. The molecule has 0 amide bonds. The highest BCUT2D eigenvalue weighted by Crippen LogP contribution is 2.28. The molecule has 2 aromatic heterocycles. The summed E-state index contributed by atoms with van der Waals surface area (Å²) < 4.78 is 6.49. The molecule has 5 heteroatoms. The van der Waals surface area contributed by atoms with Crippen molar-refractivity contribution in [1.29, 1.82) is 0 Å². The highest BCUT2D eigenvalue weighted by molar-refractivity contribution is 14.1. The van der Waals surface area contributed by atoms with Gasteiger partial charge in [-0.25, -0.2) is 0 Å². The number of thiophene rings is 1. The molecule has 0 saturated heterocycles. The lowest BCUT2D eigenvalue weighted by molar-refractivity contribution is 0.411. The van der Waals surface area contributed by atoms with Crippen molar-refractivity contribution in [1.82, 2.24) is 10.3 Å². The molecule has 1 N–H and O–H groups in total. The van der Waals surface area contributed by atoms with Crippen LogP contribution in [0, 0.1) is 2.88 Å². The predicted molar refractivity (Wildman–Crippen MR) is 78.7 cm³/mol. The van der Waals surface area contributed by atoms with Gasteiger partial charge in [-0.15, -0.1) is 11.3 Å². The number of halogens is 1. The van der Waals surface area contributed by atoms with Crippen LogP contribution < -0.4 is 10.1 Å². The fourth-order valence-corrected chi connectivity index (χ4v) is 3.10. The van der Waals surface area contributed by atoms with Gasteiger partial charge in [0.25, 0.3) is 0 Å². The standard InChI is InChI=1S/C12H13IN2OS/c1-14-12(9-4-11(13)17-7-9)8-3-10(16-2)6-15-5-8/h3-7,12,14H,1-2H3. The molecule has 0 saturated carbocycles. The van der Waals surface area contributed by atoms with E-state index in [9.17, 15) is 0 Å². The Morgan fingerprint density at radius 2 is 2.18 bits per heavy atom. The summed E-state index contributed by atoms with van der Waals surface area (Å²) in [5.74, 6) is 0.785. The quantitative estimate of drug-likeness (QED) is 0.851. The van der Waals surface area contributed by atoms with E-state index in [1.54, 1.807) is 24.6 Å². The third-order valence-electron chi connectivity index (χ3n) is 2.51. The van der Waals surface area contributed by atoms with Gasteiger partial charge in [-0.3, -0.25) is 4.98 Å². The molecule has 1 atom stereocenters. The third kappa shape index (κ3) is 2.97. The predicted octanol–water partition coefficient (Wildman–Crippen LogP) is 3.07. The lowest BCUT2D eigenvalue weighted by atomic mass is 10.0. The van der Waals surface area contributed by atoms with Crippen LogP contribution in [-0.2, 0) is 0 Å². The molecule has 2 heterocycles. The van der Waals surface area contributed by atoms with Crippen molar-refractivity contribution in [3.05, 3.63) is 43.9 Å². The molecule has 2 aromatic rings. The molecule has 0 aromatic carbocycles. The summed E-state index contributed by atoms with van der Waals surface area (Å²) in [6, 6.07) is 4.36. The van der Waals surface area contributed by atoms with Gasteiger partial charge in [-0.05, 0) is 58.3 Å². The number of rotatable bonds is 4. The molecule has 90 valence electrons. The van der Waals surface area contributed by atoms with Gasteiger partial charge in [0.2, 0.25) is 0 Å². The minimum Gasteiger partial charge on any atom is -0.495 e. The Morgan fingerprint density at radius 3 is 2.76 bits per heavy atom. The average molecular weight is 360 g/mol. The number of nitrogens with one attached hydrogen (secondary N) is 1. The number of methoxy groups -OCH3 is 1. The normalized spacial score (nSPS) is 12.4. The van der Waals surface area contributed by atoms with Crippen molar-refractivity contribution in [3.8, 4) is 5.75 Å². The molecule has 0 aliphatic rings. The topological polar surface area (TPSA) is 34.2 Å².